The molecular weight excluding hydrogens is 454 g/mol. The van der Waals surface area contributed by atoms with E-state index < -0.39 is 0 Å². The molecule has 1 fully saturated rings. The van der Waals surface area contributed by atoms with Crippen molar-refractivity contribution >= 4 is 35.0 Å². The minimum absolute atomic E-state index is 0.248. The van der Waals surface area contributed by atoms with Crippen LogP contribution in [0.4, 0.5) is 0 Å². The Morgan fingerprint density at radius 2 is 2.09 bits per heavy atom. The van der Waals surface area contributed by atoms with Crippen molar-refractivity contribution < 1.29 is 9.59 Å². The summed E-state index contributed by atoms with van der Waals surface area (Å²) in [5, 5.41) is 7.80. The zero-order valence-corrected chi connectivity index (χ0v) is 18.8. The number of pyridine rings is 2. The van der Waals surface area contributed by atoms with E-state index in [0.717, 1.165) is 36.0 Å². The van der Waals surface area contributed by atoms with E-state index in [4.69, 9.17) is 11.6 Å². The highest BCUT2D eigenvalue weighted by Crippen LogP contribution is 2.40. The normalized spacial score (nSPS) is 13.6. The molecule has 34 heavy (non-hydrogen) atoms. The summed E-state index contributed by atoms with van der Waals surface area (Å²) in [6.07, 6.45) is 13.8. The molecule has 170 valence electrons. The van der Waals surface area contributed by atoms with Gasteiger partial charge in [-0.1, -0.05) is 11.6 Å². The minimum atomic E-state index is -0.248. The number of aromatic nitrogens is 6. The van der Waals surface area contributed by atoms with E-state index in [0.29, 0.717) is 34.3 Å². The van der Waals surface area contributed by atoms with E-state index in [9.17, 15) is 9.59 Å². The first kappa shape index (κ1) is 20.6. The second-order valence-corrected chi connectivity index (χ2v) is 8.96. The molecule has 0 unspecified atom stereocenters. The van der Waals surface area contributed by atoms with Crippen molar-refractivity contribution in [3.8, 4) is 0 Å². The molecule has 6 rings (SSSR count). The number of carbonyl (C=O) groups excluding carboxylic acids is 2. The van der Waals surface area contributed by atoms with Crippen LogP contribution in [-0.2, 0) is 13.1 Å². The summed E-state index contributed by atoms with van der Waals surface area (Å²) in [5.41, 5.74) is 5.15. The van der Waals surface area contributed by atoms with Crippen LogP contribution < -0.4 is 5.32 Å². The fourth-order valence-corrected chi connectivity index (χ4v) is 4.31. The van der Waals surface area contributed by atoms with Crippen molar-refractivity contribution in [2.24, 2.45) is 0 Å². The highest BCUT2D eigenvalue weighted by Gasteiger charge is 2.25. The van der Waals surface area contributed by atoms with E-state index >= 15 is 0 Å². The fraction of sp³-hybridized carbons (Fsp3) is 0.208. The number of hydrogen-bond donors (Lipinski definition) is 1. The Labute approximate surface area is 199 Å². The number of hydrogen-bond acceptors (Lipinski definition) is 5. The van der Waals surface area contributed by atoms with Crippen LogP contribution in [0.15, 0.2) is 55.5 Å². The maximum Gasteiger partial charge on any atom is 0.254 e. The average molecular weight is 474 g/mol. The molecule has 0 spiro atoms. The van der Waals surface area contributed by atoms with Crippen molar-refractivity contribution in [3.63, 3.8) is 0 Å². The number of rotatable bonds is 7. The van der Waals surface area contributed by atoms with Crippen LogP contribution in [0, 0.1) is 0 Å². The second-order valence-electron chi connectivity index (χ2n) is 8.52. The van der Waals surface area contributed by atoms with Crippen LogP contribution in [0.25, 0.3) is 11.2 Å². The third-order valence-electron chi connectivity index (χ3n) is 6.04. The third kappa shape index (κ3) is 3.84. The maximum atomic E-state index is 12.7. The zero-order valence-electron chi connectivity index (χ0n) is 18.1. The first-order chi connectivity index (χ1) is 16.6. The van der Waals surface area contributed by atoms with Crippen LogP contribution >= 0.6 is 11.6 Å². The molecule has 0 bridgehead atoms. The van der Waals surface area contributed by atoms with Crippen molar-refractivity contribution in [1.82, 2.24) is 33.9 Å². The second kappa shape index (κ2) is 8.11. The van der Waals surface area contributed by atoms with Crippen LogP contribution in [0.2, 0.25) is 5.02 Å². The molecule has 5 aromatic heterocycles. The number of nitrogens with one attached hydrogen (secondary N) is 1. The molecule has 1 aliphatic rings. The van der Waals surface area contributed by atoms with Gasteiger partial charge >= 0.3 is 0 Å². The Hall–Kier alpha value is -3.98. The van der Waals surface area contributed by atoms with E-state index in [2.05, 4.69) is 20.4 Å². The van der Waals surface area contributed by atoms with Crippen molar-refractivity contribution in [2.45, 2.75) is 31.8 Å². The van der Waals surface area contributed by atoms with E-state index in [1.807, 2.05) is 39.5 Å². The molecule has 0 aromatic carbocycles. The van der Waals surface area contributed by atoms with Crippen molar-refractivity contribution in [2.75, 3.05) is 0 Å². The Balaban J connectivity index is 1.16. The summed E-state index contributed by atoms with van der Waals surface area (Å²) in [5.74, 6) is 0.292. The molecule has 1 amide bonds. The molecular formula is C24H20ClN7O2. The van der Waals surface area contributed by atoms with E-state index in [-0.39, 0.29) is 12.5 Å². The predicted molar refractivity (Wildman–Crippen MR) is 125 cm³/mol. The standard InChI is InChI=1S/C24H20ClN7O2/c25-19-3-4-30-14-27-21(22(30)6-19)8-26-24(34)18-7-28-32(10-18)12-20-11-31-9-16(15-1-2-15)5-17(13-33)23(31)29-20/h3-7,9-11,13-15H,1-2,8,12H2,(H,26,34). The summed E-state index contributed by atoms with van der Waals surface area (Å²) >= 11 is 6.08. The van der Waals surface area contributed by atoms with Gasteiger partial charge in [-0.2, -0.15) is 5.10 Å². The van der Waals surface area contributed by atoms with Gasteiger partial charge in [0.2, 0.25) is 0 Å². The predicted octanol–water partition coefficient (Wildman–Crippen LogP) is 3.50. The van der Waals surface area contributed by atoms with Crippen LogP contribution in [0.1, 0.15) is 56.4 Å². The third-order valence-corrected chi connectivity index (χ3v) is 6.28. The number of carbonyl (C=O) groups is 2. The summed E-state index contributed by atoms with van der Waals surface area (Å²) in [6, 6.07) is 5.53. The van der Waals surface area contributed by atoms with Gasteiger partial charge in [-0.3, -0.25) is 14.3 Å². The maximum absolute atomic E-state index is 12.7. The Morgan fingerprint density at radius 3 is 2.91 bits per heavy atom. The fourth-order valence-electron chi connectivity index (χ4n) is 4.15. The highest BCUT2D eigenvalue weighted by molar-refractivity contribution is 6.30. The van der Waals surface area contributed by atoms with Gasteiger partial charge in [0.25, 0.3) is 5.91 Å². The first-order valence-corrected chi connectivity index (χ1v) is 11.3. The van der Waals surface area contributed by atoms with Gasteiger partial charge in [-0.05, 0) is 42.5 Å². The van der Waals surface area contributed by atoms with Gasteiger partial charge in [0, 0.05) is 29.8 Å². The molecule has 1 saturated carbocycles. The van der Waals surface area contributed by atoms with Gasteiger partial charge in [-0.15, -0.1) is 0 Å². The Morgan fingerprint density at radius 1 is 1.21 bits per heavy atom. The van der Waals surface area contributed by atoms with Crippen LogP contribution in [0.3, 0.4) is 0 Å². The van der Waals surface area contributed by atoms with Gasteiger partial charge in [0.1, 0.15) is 5.65 Å². The van der Waals surface area contributed by atoms with Gasteiger partial charge < -0.3 is 14.1 Å². The molecule has 9 nitrogen and oxygen atoms in total. The molecule has 5 heterocycles. The van der Waals surface area contributed by atoms with E-state index in [1.54, 1.807) is 23.3 Å². The van der Waals surface area contributed by atoms with Gasteiger partial charge in [0.15, 0.2) is 6.29 Å². The van der Waals surface area contributed by atoms with Crippen LogP contribution in [-0.4, -0.2) is 40.7 Å². The monoisotopic (exact) mass is 473 g/mol. The smallest absolute Gasteiger partial charge is 0.254 e. The number of fused-ring (bicyclic) bond motifs is 2. The molecule has 10 heteroatoms. The minimum Gasteiger partial charge on any atom is -0.346 e. The lowest BCUT2D eigenvalue weighted by atomic mass is 10.1. The summed E-state index contributed by atoms with van der Waals surface area (Å²) < 4.78 is 5.42. The van der Waals surface area contributed by atoms with Gasteiger partial charge in [-0.25, -0.2) is 9.97 Å². The number of halogens is 1. The first-order valence-electron chi connectivity index (χ1n) is 11.0. The average Bonchev–Trinajstić information content (AvgIpc) is 3.25. The molecule has 0 radical (unpaired) electrons. The lowest BCUT2D eigenvalue weighted by molar-refractivity contribution is 0.0950. The zero-order chi connectivity index (χ0) is 23.2. The number of aldehydes is 1. The molecule has 1 N–H and O–H groups in total. The summed E-state index contributed by atoms with van der Waals surface area (Å²) in [4.78, 5) is 33.2. The lowest BCUT2D eigenvalue weighted by Gasteiger charge is -2.02. The molecule has 1 aliphatic carbocycles. The molecule has 5 aromatic rings. The number of amides is 1. The number of nitrogens with zero attached hydrogens (tertiary/aromatic N) is 6. The van der Waals surface area contributed by atoms with E-state index in [1.165, 1.54) is 11.8 Å². The lowest BCUT2D eigenvalue weighted by Crippen LogP contribution is -2.22. The summed E-state index contributed by atoms with van der Waals surface area (Å²) in [7, 11) is 0. The molecule has 0 aliphatic heterocycles. The molecule has 0 saturated heterocycles. The quantitative estimate of drug-likeness (QED) is 0.365. The molecule has 0 atom stereocenters. The van der Waals surface area contributed by atoms with Crippen molar-refractivity contribution in [3.05, 3.63) is 88.6 Å². The van der Waals surface area contributed by atoms with Crippen molar-refractivity contribution in [1.29, 1.82) is 0 Å². The SMILES string of the molecule is O=Cc1cc(C2CC2)cn2cc(Cn3cc(C(=O)NCc4ncn5ccc(Cl)cc45)cn3)nc12. The van der Waals surface area contributed by atoms with Crippen LogP contribution in [0.5, 0.6) is 0 Å². The topological polar surface area (TPSA) is 98.6 Å². The Bertz CT molecular complexity index is 1560. The largest absolute Gasteiger partial charge is 0.346 e. The summed E-state index contributed by atoms with van der Waals surface area (Å²) in [6.45, 7) is 0.654. The number of imidazole rings is 2. The van der Waals surface area contributed by atoms with Gasteiger partial charge in [0.05, 0.1) is 53.6 Å². The highest BCUT2D eigenvalue weighted by atomic mass is 35.5. The Kier molecular flexibility index (Phi) is 4.91.